The molecule has 0 bridgehead atoms. The van der Waals surface area contributed by atoms with Gasteiger partial charge >= 0.3 is 0 Å². The van der Waals surface area contributed by atoms with Crippen molar-refractivity contribution in [3.63, 3.8) is 0 Å². The van der Waals surface area contributed by atoms with Crippen molar-refractivity contribution in [1.29, 1.82) is 0 Å². The highest BCUT2D eigenvalue weighted by Gasteiger charge is 2.23. The highest BCUT2D eigenvalue weighted by Crippen LogP contribution is 2.20. The number of hydrogen-bond acceptors (Lipinski definition) is 5. The fourth-order valence-corrected chi connectivity index (χ4v) is 4.79. The maximum atomic E-state index is 12.6. The third kappa shape index (κ3) is 4.77. The van der Waals surface area contributed by atoms with Crippen LogP contribution in [0, 0.1) is 20.8 Å². The second-order valence-electron chi connectivity index (χ2n) is 8.00. The van der Waals surface area contributed by atoms with Gasteiger partial charge in [0.15, 0.2) is 5.65 Å². The van der Waals surface area contributed by atoms with Gasteiger partial charge in [-0.2, -0.15) is 9.40 Å². The molecule has 0 spiro atoms. The minimum atomic E-state index is -3.55. The molecule has 1 N–H and O–H groups in total. The van der Waals surface area contributed by atoms with Gasteiger partial charge in [-0.25, -0.2) is 17.9 Å². The molecule has 9 heteroatoms. The molecule has 166 valence electrons. The molecule has 8 nitrogen and oxygen atoms in total. The van der Waals surface area contributed by atoms with Crippen LogP contribution < -0.4 is 5.32 Å². The molecule has 0 saturated carbocycles. The number of rotatable bonds is 7. The normalized spacial score (nSPS) is 12.1. The number of carbonyl (C=O) groups excluding carboxylic acids is 1. The van der Waals surface area contributed by atoms with Gasteiger partial charge in [0.2, 0.25) is 15.9 Å². The summed E-state index contributed by atoms with van der Waals surface area (Å²) in [6.07, 6.45) is 0.822. The zero-order valence-electron chi connectivity index (χ0n) is 18.8. The fourth-order valence-electron chi connectivity index (χ4n) is 3.42. The molecule has 1 amide bonds. The van der Waals surface area contributed by atoms with E-state index in [1.54, 1.807) is 19.2 Å². The Morgan fingerprint density at radius 1 is 1.16 bits per heavy atom. The molecule has 0 aliphatic rings. The van der Waals surface area contributed by atoms with E-state index in [2.05, 4.69) is 15.4 Å². The molecular weight excluding hydrogens is 414 g/mol. The summed E-state index contributed by atoms with van der Waals surface area (Å²) in [6.45, 7) is 9.48. The van der Waals surface area contributed by atoms with Gasteiger partial charge in [-0.1, -0.05) is 0 Å². The summed E-state index contributed by atoms with van der Waals surface area (Å²) in [6, 6.07) is 8.02. The molecule has 0 unspecified atom stereocenters. The molecule has 0 aliphatic carbocycles. The second-order valence-corrected chi connectivity index (χ2v) is 10.0. The summed E-state index contributed by atoms with van der Waals surface area (Å²) in [5.74, 6) is -0.148. The monoisotopic (exact) mass is 443 g/mol. The number of aromatic nitrogens is 3. The van der Waals surface area contributed by atoms with Crippen molar-refractivity contribution in [2.45, 2.75) is 58.4 Å². The van der Waals surface area contributed by atoms with E-state index < -0.39 is 10.0 Å². The molecule has 31 heavy (non-hydrogen) atoms. The molecule has 0 aliphatic heterocycles. The first-order valence-electron chi connectivity index (χ1n) is 10.2. The van der Waals surface area contributed by atoms with E-state index in [1.165, 1.54) is 16.4 Å². The Kier molecular flexibility index (Phi) is 6.47. The van der Waals surface area contributed by atoms with Crippen molar-refractivity contribution in [3.8, 4) is 0 Å². The smallest absolute Gasteiger partial charge is 0.243 e. The van der Waals surface area contributed by atoms with Gasteiger partial charge in [0.1, 0.15) is 0 Å². The van der Waals surface area contributed by atoms with Crippen LogP contribution in [0.5, 0.6) is 0 Å². The van der Waals surface area contributed by atoms with Gasteiger partial charge in [0, 0.05) is 42.7 Å². The average Bonchev–Trinajstić information content (AvgIpc) is 3.07. The van der Waals surface area contributed by atoms with Gasteiger partial charge in [0.05, 0.1) is 10.6 Å². The Bertz CT molecular complexity index is 1210. The zero-order chi connectivity index (χ0) is 22.9. The first-order chi connectivity index (χ1) is 14.5. The molecule has 3 aromatic rings. The van der Waals surface area contributed by atoms with Crippen molar-refractivity contribution in [1.82, 2.24) is 18.9 Å². The lowest BCUT2D eigenvalue weighted by Crippen LogP contribution is -2.33. The average molecular weight is 444 g/mol. The van der Waals surface area contributed by atoms with Gasteiger partial charge in [0.25, 0.3) is 0 Å². The van der Waals surface area contributed by atoms with Crippen LogP contribution in [0.1, 0.15) is 42.9 Å². The molecule has 2 aromatic heterocycles. The van der Waals surface area contributed by atoms with E-state index in [1.807, 2.05) is 45.2 Å². The predicted octanol–water partition coefficient (Wildman–Crippen LogP) is 3.25. The second kappa shape index (κ2) is 8.76. The number of anilines is 1. The van der Waals surface area contributed by atoms with E-state index in [9.17, 15) is 13.2 Å². The van der Waals surface area contributed by atoms with Crippen molar-refractivity contribution < 1.29 is 13.2 Å². The van der Waals surface area contributed by atoms with Gasteiger partial charge in [-0.15, -0.1) is 0 Å². The van der Waals surface area contributed by atoms with Crippen molar-refractivity contribution in [2.75, 3.05) is 12.4 Å². The number of aryl methyl sites for hydroxylation is 3. The summed E-state index contributed by atoms with van der Waals surface area (Å²) in [4.78, 5) is 17.3. The Morgan fingerprint density at radius 3 is 2.42 bits per heavy atom. The Hall–Kier alpha value is -2.78. The van der Waals surface area contributed by atoms with Crippen molar-refractivity contribution in [2.24, 2.45) is 0 Å². The number of amides is 1. The number of nitrogens with zero attached hydrogens (tertiary/aromatic N) is 4. The van der Waals surface area contributed by atoms with E-state index in [-0.39, 0.29) is 23.3 Å². The van der Waals surface area contributed by atoms with E-state index >= 15 is 0 Å². The van der Waals surface area contributed by atoms with E-state index in [4.69, 9.17) is 0 Å². The third-order valence-electron chi connectivity index (χ3n) is 5.43. The lowest BCUT2D eigenvalue weighted by atomic mass is 10.1. The molecule has 0 saturated heterocycles. The van der Waals surface area contributed by atoms with Gasteiger partial charge in [-0.05, 0) is 70.9 Å². The van der Waals surface area contributed by atoms with Crippen LogP contribution in [0.3, 0.4) is 0 Å². The lowest BCUT2D eigenvalue weighted by Gasteiger charge is -2.21. The quantitative estimate of drug-likeness (QED) is 0.605. The third-order valence-corrected chi connectivity index (χ3v) is 7.48. The SMILES string of the molecule is Cc1cc2nc(C)c(CCC(=O)Nc3ccc(S(=O)(=O)N(C)C(C)C)cc3)c(C)n2n1. The highest BCUT2D eigenvalue weighted by molar-refractivity contribution is 7.89. The predicted molar refractivity (Wildman–Crippen MR) is 121 cm³/mol. The Morgan fingerprint density at radius 2 is 1.81 bits per heavy atom. The summed E-state index contributed by atoms with van der Waals surface area (Å²) < 4.78 is 28.2. The lowest BCUT2D eigenvalue weighted by molar-refractivity contribution is -0.116. The first-order valence-corrected chi connectivity index (χ1v) is 11.6. The summed E-state index contributed by atoms with van der Waals surface area (Å²) in [5, 5.41) is 7.29. The van der Waals surface area contributed by atoms with Crippen LogP contribution in [-0.4, -0.2) is 46.3 Å². The number of sulfonamides is 1. The molecular formula is C22H29N5O3S. The van der Waals surface area contributed by atoms with Crippen LogP contribution in [0.25, 0.3) is 5.65 Å². The molecule has 0 fully saturated rings. The molecule has 0 radical (unpaired) electrons. The molecule has 0 atom stereocenters. The number of benzene rings is 1. The number of carbonyl (C=O) groups is 1. The highest BCUT2D eigenvalue weighted by atomic mass is 32.2. The van der Waals surface area contributed by atoms with Crippen LogP contribution in [0.4, 0.5) is 5.69 Å². The van der Waals surface area contributed by atoms with Crippen LogP contribution >= 0.6 is 0 Å². The Labute approximate surface area is 183 Å². The molecule has 2 heterocycles. The van der Waals surface area contributed by atoms with Crippen LogP contribution in [0.15, 0.2) is 35.2 Å². The number of nitrogens with one attached hydrogen (secondary N) is 1. The van der Waals surface area contributed by atoms with Gasteiger partial charge < -0.3 is 5.32 Å². The van der Waals surface area contributed by atoms with Crippen LogP contribution in [0.2, 0.25) is 0 Å². The number of fused-ring (bicyclic) bond motifs is 1. The zero-order valence-corrected chi connectivity index (χ0v) is 19.6. The van der Waals surface area contributed by atoms with E-state index in [0.29, 0.717) is 12.1 Å². The first kappa shape index (κ1) is 22.9. The van der Waals surface area contributed by atoms with Crippen LogP contribution in [-0.2, 0) is 21.2 Å². The Balaban J connectivity index is 1.67. The minimum Gasteiger partial charge on any atom is -0.326 e. The summed E-state index contributed by atoms with van der Waals surface area (Å²) in [5.41, 5.74) is 5.13. The fraction of sp³-hybridized carbons (Fsp3) is 0.409. The number of hydrogen-bond donors (Lipinski definition) is 1. The standard InChI is InChI=1S/C22H29N5O3S/c1-14(2)26(6)31(29,30)19-9-7-18(8-10-19)24-22(28)12-11-20-16(4)23-21-13-15(3)25-27(21)17(20)5/h7-10,13-14H,11-12H2,1-6H3,(H,24,28). The topological polar surface area (TPSA) is 96.7 Å². The van der Waals surface area contributed by atoms with Crippen molar-refractivity contribution in [3.05, 3.63) is 53.0 Å². The largest absolute Gasteiger partial charge is 0.326 e. The van der Waals surface area contributed by atoms with Crippen molar-refractivity contribution >= 4 is 27.3 Å². The molecule has 1 aromatic carbocycles. The van der Waals surface area contributed by atoms with Gasteiger partial charge in [-0.3, -0.25) is 4.79 Å². The molecule has 3 rings (SSSR count). The van der Waals surface area contributed by atoms with E-state index in [0.717, 1.165) is 28.3 Å². The minimum absolute atomic E-state index is 0.143. The summed E-state index contributed by atoms with van der Waals surface area (Å²) in [7, 11) is -2.00. The summed E-state index contributed by atoms with van der Waals surface area (Å²) >= 11 is 0. The maximum absolute atomic E-state index is 12.6. The maximum Gasteiger partial charge on any atom is 0.243 e.